The van der Waals surface area contributed by atoms with Gasteiger partial charge in [0.25, 0.3) is 0 Å². The number of hydrogen-bond donors (Lipinski definition) is 0. The molecule has 0 rings (SSSR count). The van der Waals surface area contributed by atoms with E-state index in [2.05, 4.69) is 269 Å². The zero-order chi connectivity index (χ0) is 60.4. The number of rotatable bonds is 29. The predicted molar refractivity (Wildman–Crippen MR) is 357 cm³/mol. The summed E-state index contributed by atoms with van der Waals surface area (Å²) < 4.78 is 0. The fourth-order valence-electron chi connectivity index (χ4n) is 7.62. The second kappa shape index (κ2) is 76.7. The quantitative estimate of drug-likeness (QED) is 0.0418. The first kappa shape index (κ1) is 82.3. The molecule has 2 N–H and O–H groups in total. The SMILES string of the molecule is CC#CC#CC#CC#CC#CC#CC#CC#CC#CC.CC#CC#CC#CC#CC#CC#CC#CC#CC#CC.CCCCCC/C(CCC)=C(\CCCCC)C(=O)CCC.CCCCCCC(CCC)C(CCCC)CCCCC.O.[HH]. The lowest BCUT2D eigenvalue weighted by Crippen LogP contribution is -2.15. The van der Waals surface area contributed by atoms with E-state index in [0.717, 1.165) is 43.9 Å². The molecule has 0 aliphatic rings. The summed E-state index contributed by atoms with van der Waals surface area (Å²) in [6, 6.07) is 0. The van der Waals surface area contributed by atoms with Crippen LogP contribution in [-0.2, 0) is 4.79 Å². The third-order valence-corrected chi connectivity index (χ3v) is 11.4. The van der Waals surface area contributed by atoms with Crippen molar-refractivity contribution in [2.75, 3.05) is 0 Å². The van der Waals surface area contributed by atoms with Gasteiger partial charge in [0.2, 0.25) is 0 Å². The Kier molecular flexibility index (Phi) is 76.9. The first-order valence-electron chi connectivity index (χ1n) is 29.7. The third kappa shape index (κ3) is 67.6. The number of carbonyl (C=O) groups is 1. The van der Waals surface area contributed by atoms with E-state index >= 15 is 0 Å². The van der Waals surface area contributed by atoms with Crippen molar-refractivity contribution in [1.29, 1.82) is 0 Å². The molecule has 0 bridgehead atoms. The van der Waals surface area contributed by atoms with Gasteiger partial charge in [0, 0.05) is 7.85 Å². The van der Waals surface area contributed by atoms with Gasteiger partial charge in [-0.05, 0) is 273 Å². The van der Waals surface area contributed by atoms with Crippen molar-refractivity contribution in [1.82, 2.24) is 0 Å². The topological polar surface area (TPSA) is 48.6 Å². The molecule has 2 atom stereocenters. The molecule has 0 aromatic carbocycles. The summed E-state index contributed by atoms with van der Waals surface area (Å²) in [5, 5.41) is 0. The van der Waals surface area contributed by atoms with Gasteiger partial charge >= 0.3 is 0 Å². The summed E-state index contributed by atoms with van der Waals surface area (Å²) in [5.41, 5.74) is 2.70. The number of ketones is 1. The Bertz CT molecular complexity index is 2710. The van der Waals surface area contributed by atoms with Crippen LogP contribution < -0.4 is 0 Å². The Labute approximate surface area is 507 Å². The van der Waals surface area contributed by atoms with E-state index in [1.807, 2.05) is 0 Å². The van der Waals surface area contributed by atoms with E-state index < -0.39 is 0 Å². The van der Waals surface area contributed by atoms with Crippen LogP contribution in [-0.4, -0.2) is 11.3 Å². The van der Waals surface area contributed by atoms with E-state index in [1.54, 1.807) is 27.7 Å². The third-order valence-electron chi connectivity index (χ3n) is 11.4. The summed E-state index contributed by atoms with van der Waals surface area (Å²) >= 11 is 0. The number of Topliss-reactive ketones (excluding diaryl/α,β-unsaturated/α-hetero) is 1. The van der Waals surface area contributed by atoms with Crippen LogP contribution in [0.2, 0.25) is 0 Å². The average Bonchev–Trinajstić information content (AvgIpc) is 3.47. The van der Waals surface area contributed by atoms with Crippen LogP contribution in [0.3, 0.4) is 0 Å². The summed E-state index contributed by atoms with van der Waals surface area (Å²) in [6.45, 7) is 25.0. The van der Waals surface area contributed by atoms with E-state index in [0.29, 0.717) is 5.78 Å². The Morgan fingerprint density at radius 3 is 0.817 bits per heavy atom. The maximum atomic E-state index is 12.5. The van der Waals surface area contributed by atoms with Gasteiger partial charge in [0.05, 0.1) is 0 Å². The van der Waals surface area contributed by atoms with Gasteiger partial charge in [-0.15, -0.1) is 0 Å². The molecule has 0 aromatic rings. The highest BCUT2D eigenvalue weighted by molar-refractivity contribution is 5.96. The summed E-state index contributed by atoms with van der Waals surface area (Å²) in [6.07, 6.45) is 35.3. The lowest BCUT2D eigenvalue weighted by Gasteiger charge is -2.27. The summed E-state index contributed by atoms with van der Waals surface area (Å²) in [4.78, 5) is 12.5. The minimum absolute atomic E-state index is 0. The van der Waals surface area contributed by atoms with Gasteiger partial charge in [0.15, 0.2) is 5.78 Å². The van der Waals surface area contributed by atoms with Crippen LogP contribution in [0.15, 0.2) is 11.1 Å². The Balaban J connectivity index is -0.000000236. The molecular formula is C80H96O2. The van der Waals surface area contributed by atoms with E-state index in [1.165, 1.54) is 152 Å². The van der Waals surface area contributed by atoms with Gasteiger partial charge in [-0.3, -0.25) is 4.79 Å². The molecule has 428 valence electrons. The lowest BCUT2D eigenvalue weighted by molar-refractivity contribution is -0.115. The van der Waals surface area contributed by atoms with Crippen molar-refractivity contribution >= 4 is 5.78 Å². The molecule has 0 saturated carbocycles. The fraction of sp³-hybridized carbons (Fsp3) is 0.512. The van der Waals surface area contributed by atoms with Crippen molar-refractivity contribution in [2.45, 2.75) is 256 Å². The zero-order valence-electron chi connectivity index (χ0n) is 52.7. The standard InChI is InChI=1S/C20H38O.C20H42.2C20H6.H2O.H2/c1-5-9-11-13-16-18(14-7-3)19(17-12-10-6-2)20(21)15-8-4;1-5-9-12-14-18-19(15-8-4)20(16-11-7-3)17-13-10-6-2;2*1-3-5-7-9-11-13-15-17-19-20-18-16-14-12-10-8-6-4-2;;/h5-17H2,1-4H3;19-20H,5-18H2,1-4H3;2*1-2H3;1H2;1H/b19-18+;;;;;. The maximum absolute atomic E-state index is 12.5. The van der Waals surface area contributed by atoms with Crippen LogP contribution in [0, 0.1) is 225 Å². The highest BCUT2D eigenvalue weighted by atomic mass is 16.1. The summed E-state index contributed by atoms with van der Waals surface area (Å²) in [7, 11) is 0. The number of carbonyl (C=O) groups excluding carboxylic acids is 1. The highest BCUT2D eigenvalue weighted by Crippen LogP contribution is 2.32. The minimum Gasteiger partial charge on any atom is -0.412 e. The lowest BCUT2D eigenvalue weighted by atomic mass is 9.78. The summed E-state index contributed by atoms with van der Waals surface area (Å²) in [5.74, 6) is 93.7. The predicted octanol–water partition coefficient (Wildman–Crippen LogP) is 16.3. The highest BCUT2D eigenvalue weighted by Gasteiger charge is 2.20. The van der Waals surface area contributed by atoms with Gasteiger partial charge in [-0.25, -0.2) is 0 Å². The second-order valence-corrected chi connectivity index (χ2v) is 18.1. The van der Waals surface area contributed by atoms with Gasteiger partial charge in [-0.1, -0.05) is 213 Å². The average molecular weight is 1090 g/mol. The molecule has 0 fully saturated rings. The number of allylic oxidation sites excluding steroid dienone is 2. The van der Waals surface area contributed by atoms with Gasteiger partial charge in [0.1, 0.15) is 0 Å². The molecule has 2 heteroatoms. The number of unbranched alkanes of at least 4 members (excludes halogenated alkanes) is 11. The van der Waals surface area contributed by atoms with Crippen LogP contribution >= 0.6 is 0 Å². The second-order valence-electron chi connectivity index (χ2n) is 18.1. The van der Waals surface area contributed by atoms with Gasteiger partial charge in [-0.2, -0.15) is 0 Å². The van der Waals surface area contributed by atoms with Crippen LogP contribution in [0.5, 0.6) is 0 Å². The van der Waals surface area contributed by atoms with Crippen LogP contribution in [0.1, 0.15) is 258 Å². The first-order valence-corrected chi connectivity index (χ1v) is 29.7. The molecule has 2 nitrogen and oxygen atoms in total. The fourth-order valence-corrected chi connectivity index (χ4v) is 7.62. The van der Waals surface area contributed by atoms with Crippen molar-refractivity contribution in [3.05, 3.63) is 11.1 Å². The Morgan fingerprint density at radius 1 is 0.256 bits per heavy atom. The van der Waals surface area contributed by atoms with Crippen molar-refractivity contribution in [3.8, 4) is 213 Å². The molecule has 0 aromatic heterocycles. The van der Waals surface area contributed by atoms with E-state index in [9.17, 15) is 4.79 Å². The minimum atomic E-state index is 0. The van der Waals surface area contributed by atoms with Crippen molar-refractivity contribution in [3.63, 3.8) is 0 Å². The van der Waals surface area contributed by atoms with Gasteiger partial charge < -0.3 is 5.48 Å². The normalized spacial score (nSPS) is 8.59. The monoisotopic (exact) mass is 1090 g/mol. The maximum Gasteiger partial charge on any atom is 0.158 e. The molecule has 82 heavy (non-hydrogen) atoms. The molecule has 0 amide bonds. The molecule has 2 unspecified atom stereocenters. The first-order chi connectivity index (χ1) is 39.8. The van der Waals surface area contributed by atoms with E-state index in [4.69, 9.17) is 0 Å². The molecule has 0 aliphatic carbocycles. The Morgan fingerprint density at radius 2 is 0.512 bits per heavy atom. The van der Waals surface area contributed by atoms with Crippen molar-refractivity contribution < 1.29 is 11.7 Å². The zero-order valence-corrected chi connectivity index (χ0v) is 52.7. The molecule has 0 radical (unpaired) electrons. The molecule has 0 heterocycles. The molecule has 0 aliphatic heterocycles. The molecule has 0 saturated heterocycles. The largest absolute Gasteiger partial charge is 0.412 e. The number of hydrogen-bond acceptors (Lipinski definition) is 1. The smallest absolute Gasteiger partial charge is 0.158 e. The van der Waals surface area contributed by atoms with Crippen LogP contribution in [0.4, 0.5) is 0 Å². The Hall–Kier alpha value is -8.55. The molecule has 0 spiro atoms. The van der Waals surface area contributed by atoms with Crippen LogP contribution in [0.25, 0.3) is 0 Å². The van der Waals surface area contributed by atoms with E-state index in [-0.39, 0.29) is 6.90 Å². The van der Waals surface area contributed by atoms with Crippen molar-refractivity contribution in [2.24, 2.45) is 11.8 Å². The molecular weight excluding hydrogens is 993 g/mol.